The van der Waals surface area contributed by atoms with E-state index in [0.29, 0.717) is 40.7 Å². The van der Waals surface area contributed by atoms with Crippen molar-refractivity contribution >= 4 is 43.4 Å². The third kappa shape index (κ3) is 3.72. The van der Waals surface area contributed by atoms with E-state index in [0.717, 1.165) is 23.2 Å². The van der Waals surface area contributed by atoms with Gasteiger partial charge in [-0.2, -0.15) is 0 Å². The first-order chi connectivity index (χ1) is 18.8. The molecule has 0 radical (unpaired) electrons. The highest BCUT2D eigenvalue weighted by atomic mass is 16.5. The highest BCUT2D eigenvalue weighted by Crippen LogP contribution is 2.36. The second kappa shape index (κ2) is 9.36. The lowest BCUT2D eigenvalue weighted by molar-refractivity contribution is 0.288. The van der Waals surface area contributed by atoms with Crippen LogP contribution in [0.1, 0.15) is 19.4 Å². The number of benzene rings is 3. The molecule has 3 aromatic heterocycles. The molecule has 0 aliphatic carbocycles. The van der Waals surface area contributed by atoms with Crippen LogP contribution in [0.25, 0.3) is 43.4 Å². The van der Waals surface area contributed by atoms with Crippen molar-refractivity contribution in [2.75, 3.05) is 19.6 Å². The molecule has 0 saturated carbocycles. The zero-order valence-electron chi connectivity index (χ0n) is 22.0. The molecule has 0 saturated heterocycles. The quantitative estimate of drug-likeness (QED) is 0.328. The van der Waals surface area contributed by atoms with Crippen molar-refractivity contribution in [2.24, 2.45) is 7.05 Å². The lowest BCUT2D eigenvalue weighted by atomic mass is 10.0. The highest BCUT2D eigenvalue weighted by molar-refractivity contribution is 6.31. The third-order valence-corrected chi connectivity index (χ3v) is 7.76. The molecule has 1 N–H and O–H groups in total. The Hall–Kier alpha value is -4.50. The van der Waals surface area contributed by atoms with Crippen molar-refractivity contribution in [1.82, 2.24) is 19.0 Å². The lowest BCUT2D eigenvalue weighted by Gasteiger charge is -2.17. The Labute approximate surface area is 222 Å². The van der Waals surface area contributed by atoms with E-state index in [1.807, 2.05) is 56.3 Å². The van der Waals surface area contributed by atoms with Gasteiger partial charge >= 0.3 is 0 Å². The number of aromatic amines is 1. The van der Waals surface area contributed by atoms with Gasteiger partial charge in [0.1, 0.15) is 12.4 Å². The topological polar surface area (TPSA) is 106 Å². The second-order valence-corrected chi connectivity index (χ2v) is 9.81. The summed E-state index contributed by atoms with van der Waals surface area (Å²) in [7, 11) is 1.39. The van der Waals surface area contributed by atoms with Gasteiger partial charge in [0.25, 0.3) is 22.2 Å². The van der Waals surface area contributed by atoms with E-state index in [1.54, 1.807) is 6.07 Å². The Kier molecular flexibility index (Phi) is 5.95. The number of nitrogens with zero attached hydrogens (tertiary/aromatic N) is 3. The van der Waals surface area contributed by atoms with Crippen LogP contribution in [0.5, 0.6) is 5.75 Å². The van der Waals surface area contributed by atoms with Gasteiger partial charge in [-0.3, -0.25) is 28.3 Å². The van der Waals surface area contributed by atoms with Crippen LogP contribution >= 0.6 is 0 Å². The van der Waals surface area contributed by atoms with Gasteiger partial charge in [-0.25, -0.2) is 0 Å². The molecule has 6 rings (SSSR count). The van der Waals surface area contributed by atoms with Gasteiger partial charge < -0.3 is 14.6 Å². The molecule has 0 atom stereocenters. The number of likely N-dealkylation sites (N-methyl/N-ethyl adjacent to an activating group) is 1. The van der Waals surface area contributed by atoms with Crippen LogP contribution in [0.2, 0.25) is 0 Å². The van der Waals surface area contributed by atoms with Crippen molar-refractivity contribution < 1.29 is 4.74 Å². The van der Waals surface area contributed by atoms with E-state index in [-0.39, 0.29) is 28.1 Å². The number of ether oxygens (including phenoxy) is 1. The molecule has 0 aliphatic heterocycles. The molecule has 0 aliphatic rings. The maximum Gasteiger partial charge on any atom is 0.263 e. The van der Waals surface area contributed by atoms with E-state index < -0.39 is 22.2 Å². The molecule has 0 amide bonds. The molecule has 0 fully saturated rings. The van der Waals surface area contributed by atoms with Crippen LogP contribution in [0.4, 0.5) is 0 Å². The average molecular weight is 525 g/mol. The Morgan fingerprint density at radius 1 is 0.795 bits per heavy atom. The molecule has 6 aromatic rings. The fourth-order valence-electron chi connectivity index (χ4n) is 5.58. The molecule has 0 spiro atoms. The van der Waals surface area contributed by atoms with Crippen molar-refractivity contribution in [3.05, 3.63) is 95.5 Å². The molecule has 0 unspecified atom stereocenters. The van der Waals surface area contributed by atoms with E-state index in [2.05, 4.69) is 9.88 Å². The van der Waals surface area contributed by atoms with Crippen molar-refractivity contribution in [1.29, 1.82) is 0 Å². The summed E-state index contributed by atoms with van der Waals surface area (Å²) in [6.07, 6.45) is 0. The minimum atomic E-state index is -0.578. The fourth-order valence-corrected chi connectivity index (χ4v) is 5.58. The zero-order chi connectivity index (χ0) is 27.4. The number of aromatic nitrogens is 3. The summed E-state index contributed by atoms with van der Waals surface area (Å²) in [4.78, 5) is 59.4. The van der Waals surface area contributed by atoms with Crippen LogP contribution in [0, 0.1) is 0 Å². The summed E-state index contributed by atoms with van der Waals surface area (Å²) >= 11 is 0. The standard InChI is InChI=1S/C30H28N4O5/c1-4-33(5-2)13-14-34-29(37)24-23-22(27(35)32(3)28(23)36)21-19-15-18(39-16-17-9-7-6-8-10-17)11-12-20(19)31-26(21)25(24)30(34)38/h6-12,15,31H,4-5,13-14,16H2,1-3H3. The summed E-state index contributed by atoms with van der Waals surface area (Å²) in [5.41, 5.74) is -0.0130. The normalized spacial score (nSPS) is 12.1. The molecule has 3 heterocycles. The van der Waals surface area contributed by atoms with Gasteiger partial charge in [-0.1, -0.05) is 44.2 Å². The van der Waals surface area contributed by atoms with Crippen molar-refractivity contribution in [3.63, 3.8) is 0 Å². The lowest BCUT2D eigenvalue weighted by Crippen LogP contribution is -2.33. The first kappa shape index (κ1) is 24.8. The summed E-state index contributed by atoms with van der Waals surface area (Å²) in [5.74, 6) is 0.579. The maximum atomic E-state index is 13.7. The number of rotatable bonds is 8. The number of H-pyrrole nitrogens is 1. The molecule has 39 heavy (non-hydrogen) atoms. The molecule has 9 nitrogen and oxygen atoms in total. The highest BCUT2D eigenvalue weighted by Gasteiger charge is 2.27. The first-order valence-electron chi connectivity index (χ1n) is 13.1. The monoisotopic (exact) mass is 524 g/mol. The minimum absolute atomic E-state index is 0.00481. The van der Waals surface area contributed by atoms with E-state index in [4.69, 9.17) is 4.74 Å². The Morgan fingerprint density at radius 3 is 2.13 bits per heavy atom. The van der Waals surface area contributed by atoms with Gasteiger partial charge in [0.2, 0.25) is 0 Å². The predicted molar refractivity (Wildman–Crippen MR) is 154 cm³/mol. The molecule has 9 heteroatoms. The van der Waals surface area contributed by atoms with Crippen molar-refractivity contribution in [3.8, 4) is 5.75 Å². The van der Waals surface area contributed by atoms with E-state index in [1.165, 1.54) is 11.6 Å². The average Bonchev–Trinajstić information content (AvgIpc) is 3.52. The molecule has 198 valence electrons. The van der Waals surface area contributed by atoms with Gasteiger partial charge in [0.05, 0.1) is 27.1 Å². The fraction of sp³-hybridized carbons (Fsp3) is 0.267. The van der Waals surface area contributed by atoms with Crippen molar-refractivity contribution in [2.45, 2.75) is 27.0 Å². The molecular weight excluding hydrogens is 496 g/mol. The SMILES string of the molecule is CCN(CC)CCn1c(=O)c2c3[nH]c4ccc(OCc5ccccc5)cc4c3c3c(=O)n(C)c(=O)c3c2c1=O. The molecular formula is C30H28N4O5. The van der Waals surface area contributed by atoms with Gasteiger partial charge in [0, 0.05) is 36.4 Å². The summed E-state index contributed by atoms with van der Waals surface area (Å²) < 4.78 is 8.22. The number of nitrogens with one attached hydrogen (secondary N) is 1. The third-order valence-electron chi connectivity index (χ3n) is 7.76. The summed E-state index contributed by atoms with van der Waals surface area (Å²) in [5, 5.41) is 1.41. The van der Waals surface area contributed by atoms with Crippen LogP contribution in [-0.2, 0) is 20.2 Å². The Balaban J connectivity index is 1.63. The molecule has 3 aromatic carbocycles. The van der Waals surface area contributed by atoms with E-state index >= 15 is 0 Å². The molecule has 0 bridgehead atoms. The summed E-state index contributed by atoms with van der Waals surface area (Å²) in [6.45, 7) is 6.68. The van der Waals surface area contributed by atoms with E-state index in [9.17, 15) is 19.2 Å². The number of fused-ring (bicyclic) bond motifs is 8. The van der Waals surface area contributed by atoms with Gasteiger partial charge in [-0.15, -0.1) is 0 Å². The number of hydrogen-bond donors (Lipinski definition) is 1. The van der Waals surface area contributed by atoms with Gasteiger partial charge in [-0.05, 0) is 36.9 Å². The summed E-state index contributed by atoms with van der Waals surface area (Å²) in [6, 6.07) is 15.2. The maximum absolute atomic E-state index is 13.7. The van der Waals surface area contributed by atoms with Gasteiger partial charge in [0.15, 0.2) is 0 Å². The first-order valence-corrected chi connectivity index (χ1v) is 13.1. The minimum Gasteiger partial charge on any atom is -0.489 e. The smallest absolute Gasteiger partial charge is 0.263 e. The van der Waals surface area contributed by atoms with Crippen LogP contribution < -0.4 is 27.0 Å². The van der Waals surface area contributed by atoms with Crippen LogP contribution in [0.3, 0.4) is 0 Å². The zero-order valence-corrected chi connectivity index (χ0v) is 22.0. The largest absolute Gasteiger partial charge is 0.489 e. The Bertz CT molecular complexity index is 2090. The number of hydrogen-bond acceptors (Lipinski definition) is 6. The second-order valence-electron chi connectivity index (χ2n) is 9.81. The Morgan fingerprint density at radius 2 is 1.44 bits per heavy atom. The van der Waals surface area contributed by atoms with Crippen LogP contribution in [-0.4, -0.2) is 38.7 Å². The van der Waals surface area contributed by atoms with Crippen LogP contribution in [0.15, 0.2) is 67.7 Å². The predicted octanol–water partition coefficient (Wildman–Crippen LogP) is 3.00.